The van der Waals surface area contributed by atoms with E-state index in [2.05, 4.69) is 15.1 Å². The highest BCUT2D eigenvalue weighted by molar-refractivity contribution is 7.91. The number of nitrogens with zero attached hydrogens (tertiary/aromatic N) is 3. The van der Waals surface area contributed by atoms with Gasteiger partial charge < -0.3 is 15.1 Å². The standard InChI is InChI=1S/C34H33FN4O4S/c35-28-12-5-6-13-29(28)38-21-19-37(20-22-38)18-8-17-36-33(40)26-15-16-32-30(23-26)39(24-25-9-2-1-3-10-25)34(41)27-11-4-7-14-31(27)44(32,42)43/h1-7,9-16,23H,8,17-22,24H2,(H,36,40). The van der Waals surface area contributed by atoms with Crippen LogP contribution in [0.2, 0.25) is 0 Å². The second kappa shape index (κ2) is 12.6. The van der Waals surface area contributed by atoms with Gasteiger partial charge in [-0.05, 0) is 61.0 Å². The van der Waals surface area contributed by atoms with Crippen molar-refractivity contribution in [2.75, 3.05) is 49.1 Å². The first-order valence-electron chi connectivity index (χ1n) is 14.7. The van der Waals surface area contributed by atoms with Crippen LogP contribution in [-0.2, 0) is 16.4 Å². The zero-order valence-corrected chi connectivity index (χ0v) is 25.0. The van der Waals surface area contributed by atoms with Crippen molar-refractivity contribution in [1.82, 2.24) is 10.2 Å². The molecule has 0 saturated carbocycles. The first kappa shape index (κ1) is 29.5. The number of piperazine rings is 1. The average molecular weight is 613 g/mol. The number of sulfone groups is 1. The number of hydrogen-bond donors (Lipinski definition) is 1. The molecule has 8 nitrogen and oxygen atoms in total. The van der Waals surface area contributed by atoms with E-state index in [4.69, 9.17) is 0 Å². The van der Waals surface area contributed by atoms with Crippen LogP contribution < -0.4 is 15.1 Å². The van der Waals surface area contributed by atoms with Crippen molar-refractivity contribution in [3.8, 4) is 0 Å². The van der Waals surface area contributed by atoms with Crippen LogP contribution in [0.4, 0.5) is 15.8 Å². The molecule has 0 aromatic heterocycles. The van der Waals surface area contributed by atoms with Gasteiger partial charge in [0.15, 0.2) is 0 Å². The molecule has 1 saturated heterocycles. The van der Waals surface area contributed by atoms with Gasteiger partial charge in [-0.25, -0.2) is 12.8 Å². The van der Waals surface area contributed by atoms with Gasteiger partial charge in [0.2, 0.25) is 9.84 Å². The van der Waals surface area contributed by atoms with Crippen LogP contribution in [0.3, 0.4) is 0 Å². The van der Waals surface area contributed by atoms with Gasteiger partial charge in [0.05, 0.1) is 33.3 Å². The number of para-hydroxylation sites is 1. The minimum Gasteiger partial charge on any atom is -0.367 e. The third-order valence-electron chi connectivity index (χ3n) is 8.14. The molecule has 4 aromatic rings. The molecule has 0 bridgehead atoms. The molecular weight excluding hydrogens is 579 g/mol. The predicted octanol–water partition coefficient (Wildman–Crippen LogP) is 4.76. The monoisotopic (exact) mass is 612 g/mol. The predicted molar refractivity (Wildman–Crippen MR) is 167 cm³/mol. The number of amides is 2. The van der Waals surface area contributed by atoms with E-state index in [-0.39, 0.29) is 44.9 Å². The highest BCUT2D eigenvalue weighted by Gasteiger charge is 2.36. The van der Waals surface area contributed by atoms with Crippen molar-refractivity contribution in [2.45, 2.75) is 22.8 Å². The molecular formula is C34H33FN4O4S. The fraction of sp³-hybridized carbons (Fsp3) is 0.235. The van der Waals surface area contributed by atoms with Crippen molar-refractivity contribution in [3.05, 3.63) is 120 Å². The Bertz CT molecular complexity index is 1790. The molecule has 44 heavy (non-hydrogen) atoms. The zero-order valence-electron chi connectivity index (χ0n) is 24.2. The molecule has 0 unspecified atom stereocenters. The van der Waals surface area contributed by atoms with E-state index in [1.165, 1.54) is 41.3 Å². The van der Waals surface area contributed by atoms with Crippen LogP contribution in [0, 0.1) is 5.82 Å². The van der Waals surface area contributed by atoms with E-state index in [0.29, 0.717) is 12.2 Å². The van der Waals surface area contributed by atoms with Crippen LogP contribution in [0.15, 0.2) is 107 Å². The minimum atomic E-state index is -4.02. The van der Waals surface area contributed by atoms with Gasteiger partial charge in [-0.1, -0.05) is 54.6 Å². The summed E-state index contributed by atoms with van der Waals surface area (Å²) in [7, 11) is -4.02. The Morgan fingerprint density at radius 3 is 2.27 bits per heavy atom. The van der Waals surface area contributed by atoms with E-state index in [9.17, 15) is 22.4 Å². The van der Waals surface area contributed by atoms with Gasteiger partial charge in [-0.15, -0.1) is 0 Å². The van der Waals surface area contributed by atoms with Crippen LogP contribution in [0.5, 0.6) is 0 Å². The maximum absolute atomic E-state index is 14.1. The van der Waals surface area contributed by atoms with Crippen LogP contribution in [0.25, 0.3) is 0 Å². The van der Waals surface area contributed by atoms with E-state index < -0.39 is 15.7 Å². The maximum Gasteiger partial charge on any atom is 0.259 e. The summed E-state index contributed by atoms with van der Waals surface area (Å²) < 4.78 is 41.6. The Balaban J connectivity index is 1.14. The lowest BCUT2D eigenvalue weighted by molar-refractivity contribution is 0.0948. The molecule has 2 heterocycles. The zero-order chi connectivity index (χ0) is 30.7. The summed E-state index contributed by atoms with van der Waals surface area (Å²) in [5.41, 5.74) is 2.00. The molecule has 2 aliphatic rings. The number of nitrogens with one attached hydrogen (secondary N) is 1. The molecule has 0 atom stereocenters. The second-order valence-corrected chi connectivity index (χ2v) is 12.8. The van der Waals surface area contributed by atoms with Crippen molar-refractivity contribution < 1.29 is 22.4 Å². The fourth-order valence-electron chi connectivity index (χ4n) is 5.80. The Morgan fingerprint density at radius 1 is 0.795 bits per heavy atom. The fourth-order valence-corrected chi connectivity index (χ4v) is 7.43. The molecule has 2 amide bonds. The Labute approximate surface area is 256 Å². The Hall–Kier alpha value is -4.54. The van der Waals surface area contributed by atoms with Crippen LogP contribution >= 0.6 is 0 Å². The molecule has 0 radical (unpaired) electrons. The number of rotatable bonds is 8. The Morgan fingerprint density at radius 2 is 1.50 bits per heavy atom. The number of carbonyl (C=O) groups excluding carboxylic acids is 2. The number of hydrogen-bond acceptors (Lipinski definition) is 6. The number of halogens is 1. The normalized spacial score (nSPS) is 16.2. The average Bonchev–Trinajstić information content (AvgIpc) is 3.12. The summed E-state index contributed by atoms with van der Waals surface area (Å²) in [5.74, 6) is -1.00. The summed E-state index contributed by atoms with van der Waals surface area (Å²) in [4.78, 5) is 32.7. The van der Waals surface area contributed by atoms with E-state index >= 15 is 0 Å². The van der Waals surface area contributed by atoms with Crippen LogP contribution in [-0.4, -0.2) is 64.4 Å². The molecule has 6 rings (SSSR count). The van der Waals surface area contributed by atoms with Gasteiger partial charge >= 0.3 is 0 Å². The smallest absolute Gasteiger partial charge is 0.259 e. The van der Waals surface area contributed by atoms with E-state index in [1.807, 2.05) is 36.4 Å². The lowest BCUT2D eigenvalue weighted by atomic mass is 10.1. The van der Waals surface area contributed by atoms with E-state index in [1.54, 1.807) is 24.3 Å². The molecule has 2 aliphatic heterocycles. The number of carbonyl (C=O) groups is 2. The summed E-state index contributed by atoms with van der Waals surface area (Å²) >= 11 is 0. The third kappa shape index (κ3) is 5.95. The van der Waals surface area contributed by atoms with Gasteiger partial charge in [0, 0.05) is 38.3 Å². The molecule has 0 aliphatic carbocycles. The van der Waals surface area contributed by atoms with Gasteiger partial charge in [0.25, 0.3) is 11.8 Å². The Kier molecular flexibility index (Phi) is 8.45. The van der Waals surface area contributed by atoms with Crippen LogP contribution in [0.1, 0.15) is 32.7 Å². The van der Waals surface area contributed by atoms with Crippen molar-refractivity contribution in [3.63, 3.8) is 0 Å². The topological polar surface area (TPSA) is 90.0 Å². The quantitative estimate of drug-likeness (QED) is 0.289. The second-order valence-electron chi connectivity index (χ2n) is 10.9. The molecule has 0 spiro atoms. The number of anilines is 2. The molecule has 1 fully saturated rings. The summed E-state index contributed by atoms with van der Waals surface area (Å²) in [6.07, 6.45) is 0.721. The number of fused-ring (bicyclic) bond motifs is 2. The van der Waals surface area contributed by atoms with Crippen molar-refractivity contribution >= 4 is 33.0 Å². The van der Waals surface area contributed by atoms with Crippen molar-refractivity contribution in [1.29, 1.82) is 0 Å². The first-order valence-corrected chi connectivity index (χ1v) is 16.2. The number of benzene rings is 4. The summed E-state index contributed by atoms with van der Waals surface area (Å²) in [6, 6.07) is 26.7. The largest absolute Gasteiger partial charge is 0.367 e. The molecule has 1 N–H and O–H groups in total. The first-order chi connectivity index (χ1) is 21.3. The van der Waals surface area contributed by atoms with Gasteiger partial charge in [-0.2, -0.15) is 0 Å². The SMILES string of the molecule is O=C(NCCCN1CCN(c2ccccc2F)CC1)c1ccc2c(c1)N(Cc1ccccc1)C(=O)c1ccccc1S2(=O)=O. The lowest BCUT2D eigenvalue weighted by Gasteiger charge is -2.36. The molecule has 4 aromatic carbocycles. The summed E-state index contributed by atoms with van der Waals surface area (Å²) in [5, 5.41) is 2.94. The third-order valence-corrected chi connectivity index (χ3v) is 10.00. The summed E-state index contributed by atoms with van der Waals surface area (Å²) in [6.45, 7) is 4.42. The van der Waals surface area contributed by atoms with Gasteiger partial charge in [0.1, 0.15) is 5.82 Å². The lowest BCUT2D eigenvalue weighted by Crippen LogP contribution is -2.47. The molecule has 226 valence electrons. The van der Waals surface area contributed by atoms with Gasteiger partial charge in [-0.3, -0.25) is 14.5 Å². The minimum absolute atomic E-state index is 0.0159. The highest BCUT2D eigenvalue weighted by Crippen LogP contribution is 2.38. The van der Waals surface area contributed by atoms with Crippen molar-refractivity contribution in [2.24, 2.45) is 0 Å². The van der Waals surface area contributed by atoms with E-state index in [0.717, 1.165) is 44.7 Å². The molecule has 10 heteroatoms. The maximum atomic E-state index is 14.1. The highest BCUT2D eigenvalue weighted by atomic mass is 32.2.